The molecular formula is C19H26F2N6O. The number of nitrogens with one attached hydrogen (secondary N) is 2. The van der Waals surface area contributed by atoms with E-state index in [0.29, 0.717) is 49.4 Å². The van der Waals surface area contributed by atoms with Crippen LogP contribution >= 0.6 is 0 Å². The first-order valence-electron chi connectivity index (χ1n) is 9.46. The Morgan fingerprint density at radius 1 is 1.39 bits per heavy atom. The second-order valence-electron chi connectivity index (χ2n) is 7.12. The van der Waals surface area contributed by atoms with E-state index in [4.69, 9.17) is 4.52 Å². The molecule has 1 aromatic carbocycles. The first-order chi connectivity index (χ1) is 13.5. The average molecular weight is 392 g/mol. The number of guanidine groups is 1. The zero-order chi connectivity index (χ0) is 20.1. The van der Waals surface area contributed by atoms with Gasteiger partial charge in [-0.3, -0.25) is 4.99 Å². The lowest BCUT2D eigenvalue weighted by atomic mass is 10.2. The number of aliphatic imine (C=N–C) groups is 1. The lowest BCUT2D eigenvalue weighted by Gasteiger charge is -2.20. The summed E-state index contributed by atoms with van der Waals surface area (Å²) in [5.41, 5.74) is 0.422. The molecule has 1 fully saturated rings. The predicted molar refractivity (Wildman–Crippen MR) is 104 cm³/mol. The van der Waals surface area contributed by atoms with Gasteiger partial charge < -0.3 is 20.1 Å². The fraction of sp³-hybridized carbons (Fsp3) is 0.526. The smallest absolute Gasteiger partial charge is 0.228 e. The molecule has 9 heteroatoms. The molecule has 0 spiro atoms. The summed E-state index contributed by atoms with van der Waals surface area (Å²) in [5.74, 6) is 1.08. The highest BCUT2D eigenvalue weighted by atomic mass is 19.1. The van der Waals surface area contributed by atoms with Crippen LogP contribution in [0.2, 0.25) is 0 Å². The molecule has 28 heavy (non-hydrogen) atoms. The van der Waals surface area contributed by atoms with Gasteiger partial charge >= 0.3 is 0 Å². The maximum atomic E-state index is 14.0. The highest BCUT2D eigenvalue weighted by Gasteiger charge is 2.25. The summed E-state index contributed by atoms with van der Waals surface area (Å²) in [6.45, 7) is 5.94. The van der Waals surface area contributed by atoms with Gasteiger partial charge in [-0.2, -0.15) is 4.98 Å². The molecule has 1 atom stereocenters. The predicted octanol–water partition coefficient (Wildman–Crippen LogP) is 2.46. The van der Waals surface area contributed by atoms with E-state index < -0.39 is 11.6 Å². The first kappa shape index (κ1) is 20.0. The van der Waals surface area contributed by atoms with Gasteiger partial charge in [0, 0.05) is 51.1 Å². The Hall–Kier alpha value is -2.71. The Morgan fingerprint density at radius 2 is 2.21 bits per heavy atom. The molecule has 1 unspecified atom stereocenters. The second-order valence-corrected chi connectivity index (χ2v) is 7.12. The molecular weight excluding hydrogens is 366 g/mol. The number of hydrogen-bond donors (Lipinski definition) is 2. The molecule has 1 aliphatic rings. The van der Waals surface area contributed by atoms with Gasteiger partial charge in [0.15, 0.2) is 11.8 Å². The fourth-order valence-corrected chi connectivity index (χ4v) is 3.11. The number of hydrogen-bond acceptors (Lipinski definition) is 5. The second kappa shape index (κ2) is 8.99. The van der Waals surface area contributed by atoms with Gasteiger partial charge in [0.05, 0.1) is 5.69 Å². The summed E-state index contributed by atoms with van der Waals surface area (Å²) in [7, 11) is 1.70. The van der Waals surface area contributed by atoms with E-state index in [1.54, 1.807) is 7.05 Å². The van der Waals surface area contributed by atoms with Gasteiger partial charge in [-0.05, 0) is 18.6 Å². The van der Waals surface area contributed by atoms with Crippen molar-refractivity contribution in [3.05, 3.63) is 41.5 Å². The van der Waals surface area contributed by atoms with Crippen molar-refractivity contribution in [1.29, 1.82) is 0 Å². The topological polar surface area (TPSA) is 78.6 Å². The maximum Gasteiger partial charge on any atom is 0.228 e. The molecule has 0 bridgehead atoms. The molecule has 3 rings (SSSR count). The van der Waals surface area contributed by atoms with Crippen LogP contribution in [0, 0.1) is 11.6 Å². The van der Waals surface area contributed by atoms with Crippen LogP contribution in [0.5, 0.6) is 0 Å². The molecule has 1 aromatic heterocycles. The van der Waals surface area contributed by atoms with Crippen LogP contribution < -0.4 is 15.5 Å². The van der Waals surface area contributed by atoms with Gasteiger partial charge in [-0.15, -0.1) is 0 Å². The number of nitrogens with zero attached hydrogens (tertiary/aromatic N) is 4. The van der Waals surface area contributed by atoms with Crippen molar-refractivity contribution in [2.75, 3.05) is 31.6 Å². The van der Waals surface area contributed by atoms with E-state index in [2.05, 4.69) is 25.8 Å². The summed E-state index contributed by atoms with van der Waals surface area (Å²) in [5, 5.41) is 10.5. The standard InChI is InChI=1S/C19H26F2N6O/c1-12(2)18-25-17(28-26-18)6-8-23-19(22-3)24-14-7-9-27(11-14)16-5-4-13(20)10-15(16)21/h4-5,10,12,14H,6-9,11H2,1-3H3,(H2,22,23,24). The third-order valence-electron chi connectivity index (χ3n) is 4.63. The summed E-state index contributed by atoms with van der Waals surface area (Å²) >= 11 is 0. The van der Waals surface area contributed by atoms with Crippen molar-refractivity contribution in [1.82, 2.24) is 20.8 Å². The Morgan fingerprint density at radius 3 is 2.89 bits per heavy atom. The van der Waals surface area contributed by atoms with Crippen molar-refractivity contribution in [3.8, 4) is 0 Å². The minimum absolute atomic E-state index is 0.117. The Labute approximate surface area is 163 Å². The highest BCUT2D eigenvalue weighted by Crippen LogP contribution is 2.24. The molecule has 0 aliphatic carbocycles. The Balaban J connectivity index is 1.47. The molecule has 0 saturated carbocycles. The van der Waals surface area contributed by atoms with Gasteiger partial charge in [-0.1, -0.05) is 19.0 Å². The van der Waals surface area contributed by atoms with Gasteiger partial charge in [-0.25, -0.2) is 8.78 Å². The Bertz CT molecular complexity index is 823. The van der Waals surface area contributed by atoms with Gasteiger partial charge in [0.2, 0.25) is 5.89 Å². The van der Waals surface area contributed by atoms with E-state index in [9.17, 15) is 8.78 Å². The number of anilines is 1. The minimum Gasteiger partial charge on any atom is -0.367 e. The summed E-state index contributed by atoms with van der Waals surface area (Å²) in [4.78, 5) is 10.5. The average Bonchev–Trinajstić information content (AvgIpc) is 3.30. The molecule has 152 valence electrons. The van der Waals surface area contributed by atoms with E-state index in [1.807, 2.05) is 18.7 Å². The third kappa shape index (κ3) is 4.96. The summed E-state index contributed by atoms with van der Waals surface area (Å²) in [6.07, 6.45) is 1.43. The van der Waals surface area contributed by atoms with Crippen LogP contribution in [-0.4, -0.2) is 48.8 Å². The van der Waals surface area contributed by atoms with Crippen LogP contribution in [0.3, 0.4) is 0 Å². The van der Waals surface area contributed by atoms with E-state index in [-0.39, 0.29) is 12.0 Å². The molecule has 2 heterocycles. The molecule has 0 radical (unpaired) electrons. The van der Waals surface area contributed by atoms with Crippen molar-refractivity contribution in [2.45, 2.75) is 38.6 Å². The zero-order valence-corrected chi connectivity index (χ0v) is 16.4. The van der Waals surface area contributed by atoms with Crippen LogP contribution in [0.15, 0.2) is 27.7 Å². The summed E-state index contributed by atoms with van der Waals surface area (Å²) in [6, 6.07) is 3.79. The number of aromatic nitrogens is 2. The fourth-order valence-electron chi connectivity index (χ4n) is 3.11. The molecule has 2 N–H and O–H groups in total. The highest BCUT2D eigenvalue weighted by molar-refractivity contribution is 5.80. The molecule has 0 amide bonds. The monoisotopic (exact) mass is 392 g/mol. The largest absolute Gasteiger partial charge is 0.367 e. The van der Waals surface area contributed by atoms with Crippen LogP contribution in [-0.2, 0) is 6.42 Å². The number of rotatable bonds is 6. The molecule has 1 saturated heterocycles. The number of halogens is 2. The lowest BCUT2D eigenvalue weighted by molar-refractivity contribution is 0.371. The van der Waals surface area contributed by atoms with Crippen molar-refractivity contribution in [2.24, 2.45) is 4.99 Å². The number of benzene rings is 1. The van der Waals surface area contributed by atoms with Crippen LogP contribution in [0.4, 0.5) is 14.5 Å². The molecule has 7 nitrogen and oxygen atoms in total. The zero-order valence-electron chi connectivity index (χ0n) is 16.4. The minimum atomic E-state index is -0.568. The van der Waals surface area contributed by atoms with Gasteiger partial charge in [0.25, 0.3) is 0 Å². The first-order valence-corrected chi connectivity index (χ1v) is 9.46. The maximum absolute atomic E-state index is 14.0. The Kier molecular flexibility index (Phi) is 6.43. The lowest BCUT2D eigenvalue weighted by Crippen LogP contribution is -2.45. The van der Waals surface area contributed by atoms with Gasteiger partial charge in [0.1, 0.15) is 11.6 Å². The van der Waals surface area contributed by atoms with E-state index in [1.165, 1.54) is 12.1 Å². The SMILES string of the molecule is CN=C(NCCc1nc(C(C)C)no1)NC1CCN(c2ccc(F)cc2F)C1. The van der Waals surface area contributed by atoms with Crippen molar-refractivity contribution < 1.29 is 13.3 Å². The van der Waals surface area contributed by atoms with Crippen molar-refractivity contribution >= 4 is 11.6 Å². The van der Waals surface area contributed by atoms with Crippen LogP contribution in [0.25, 0.3) is 0 Å². The third-order valence-corrected chi connectivity index (χ3v) is 4.63. The molecule has 1 aliphatic heterocycles. The normalized spacial score (nSPS) is 17.4. The van der Waals surface area contributed by atoms with Crippen LogP contribution in [0.1, 0.15) is 37.9 Å². The van der Waals surface area contributed by atoms with E-state index >= 15 is 0 Å². The summed E-state index contributed by atoms with van der Waals surface area (Å²) < 4.78 is 32.3. The van der Waals surface area contributed by atoms with E-state index in [0.717, 1.165) is 12.5 Å². The van der Waals surface area contributed by atoms with Crippen molar-refractivity contribution in [3.63, 3.8) is 0 Å². The molecule has 2 aromatic rings. The quantitative estimate of drug-likeness (QED) is 0.581.